The Morgan fingerprint density at radius 1 is 1.02 bits per heavy atom. The van der Waals surface area contributed by atoms with Crippen molar-refractivity contribution in [1.82, 2.24) is 14.9 Å². The zero-order valence-corrected chi connectivity index (χ0v) is 24.1. The Labute approximate surface area is 245 Å². The SMILES string of the molecule is COc1cc2c(Nc3ccc(/C(C)=N/OCc4ccc(Cl)cc4)cc3)ncnc2cc1OCCCN1CCOCC1. The molecule has 41 heavy (non-hydrogen) atoms. The fraction of sp³-hybridized carbons (Fsp3) is 0.323. The lowest BCUT2D eigenvalue weighted by atomic mass is 10.1. The minimum absolute atomic E-state index is 0.375. The lowest BCUT2D eigenvalue weighted by molar-refractivity contribution is 0.0357. The molecule has 0 aliphatic carbocycles. The molecule has 0 spiro atoms. The van der Waals surface area contributed by atoms with Gasteiger partial charge in [0, 0.05) is 41.8 Å². The van der Waals surface area contributed by atoms with Crippen LogP contribution in [0.4, 0.5) is 11.5 Å². The van der Waals surface area contributed by atoms with E-state index < -0.39 is 0 Å². The van der Waals surface area contributed by atoms with Gasteiger partial charge in [-0.15, -0.1) is 0 Å². The zero-order chi connectivity index (χ0) is 28.4. The van der Waals surface area contributed by atoms with Gasteiger partial charge in [0.25, 0.3) is 0 Å². The van der Waals surface area contributed by atoms with Crippen molar-refractivity contribution in [2.75, 3.05) is 51.9 Å². The van der Waals surface area contributed by atoms with Crippen molar-refractivity contribution in [1.29, 1.82) is 0 Å². The van der Waals surface area contributed by atoms with E-state index in [2.05, 4.69) is 25.3 Å². The number of ether oxygens (including phenoxy) is 3. The number of nitrogens with zero attached hydrogens (tertiary/aromatic N) is 4. The summed E-state index contributed by atoms with van der Waals surface area (Å²) in [5, 5.41) is 9.18. The largest absolute Gasteiger partial charge is 0.493 e. The summed E-state index contributed by atoms with van der Waals surface area (Å²) >= 11 is 5.94. The number of aromatic nitrogens is 2. The van der Waals surface area contributed by atoms with Crippen LogP contribution < -0.4 is 14.8 Å². The van der Waals surface area contributed by atoms with Gasteiger partial charge in [0.05, 0.1) is 38.2 Å². The Hall–Kier alpha value is -3.92. The van der Waals surface area contributed by atoms with Gasteiger partial charge in [-0.3, -0.25) is 4.90 Å². The molecule has 0 radical (unpaired) electrons. The first-order valence-electron chi connectivity index (χ1n) is 13.6. The van der Waals surface area contributed by atoms with E-state index in [1.807, 2.05) is 67.6 Å². The summed E-state index contributed by atoms with van der Waals surface area (Å²) in [6.45, 7) is 7.41. The molecule has 5 rings (SSSR count). The highest BCUT2D eigenvalue weighted by Gasteiger charge is 2.13. The molecular weight excluding hydrogens is 542 g/mol. The molecule has 214 valence electrons. The third-order valence-corrected chi connectivity index (χ3v) is 7.06. The summed E-state index contributed by atoms with van der Waals surface area (Å²) in [6, 6.07) is 19.3. The molecule has 2 heterocycles. The number of rotatable bonds is 12. The average molecular weight is 576 g/mol. The zero-order valence-electron chi connectivity index (χ0n) is 23.3. The van der Waals surface area contributed by atoms with Crippen LogP contribution in [0.3, 0.4) is 0 Å². The standard InChI is InChI=1S/C31H34ClN5O4/c1-22(36-41-20-23-4-8-25(32)9-5-23)24-6-10-26(11-7-24)35-31-27-18-29(38-2)30(19-28(27)33-21-34-31)40-15-3-12-37-13-16-39-17-14-37/h4-11,18-19,21H,3,12-17,20H2,1-2H3,(H,33,34,35)/b36-22+. The van der Waals surface area contributed by atoms with E-state index in [9.17, 15) is 0 Å². The number of hydrogen-bond acceptors (Lipinski definition) is 9. The summed E-state index contributed by atoms with van der Waals surface area (Å²) in [6.07, 6.45) is 2.47. The molecule has 1 aliphatic heterocycles. The van der Waals surface area contributed by atoms with Crippen LogP contribution in [0.1, 0.15) is 24.5 Å². The Morgan fingerprint density at radius 3 is 2.56 bits per heavy atom. The third kappa shape index (κ3) is 7.85. The van der Waals surface area contributed by atoms with Crippen LogP contribution in [0, 0.1) is 0 Å². The molecule has 0 atom stereocenters. The van der Waals surface area contributed by atoms with Crippen LogP contribution in [0.15, 0.2) is 72.1 Å². The summed E-state index contributed by atoms with van der Waals surface area (Å²) < 4.78 is 17.2. The third-order valence-electron chi connectivity index (χ3n) is 6.81. The highest BCUT2D eigenvalue weighted by atomic mass is 35.5. The molecule has 1 N–H and O–H groups in total. The second-order valence-electron chi connectivity index (χ2n) is 9.68. The molecule has 9 nitrogen and oxygen atoms in total. The quantitative estimate of drug-likeness (QED) is 0.123. The van der Waals surface area contributed by atoms with E-state index in [-0.39, 0.29) is 0 Å². The number of benzene rings is 3. The van der Waals surface area contributed by atoms with Crippen molar-refractivity contribution in [2.24, 2.45) is 5.16 Å². The molecule has 1 fully saturated rings. The molecule has 1 aromatic heterocycles. The molecule has 4 aromatic rings. The first-order valence-corrected chi connectivity index (χ1v) is 14.0. The normalized spacial score (nSPS) is 14.2. The highest BCUT2D eigenvalue weighted by molar-refractivity contribution is 6.30. The second kappa shape index (κ2) is 14.1. The van der Waals surface area contributed by atoms with E-state index in [0.29, 0.717) is 35.6 Å². The number of methoxy groups -OCH3 is 1. The number of halogens is 1. The molecule has 3 aromatic carbocycles. The molecular formula is C31H34ClN5O4. The van der Waals surface area contributed by atoms with Gasteiger partial charge in [-0.25, -0.2) is 9.97 Å². The first kappa shape index (κ1) is 28.6. The second-order valence-corrected chi connectivity index (χ2v) is 10.1. The van der Waals surface area contributed by atoms with Crippen LogP contribution in [0.25, 0.3) is 10.9 Å². The van der Waals surface area contributed by atoms with Crippen molar-refractivity contribution in [2.45, 2.75) is 20.0 Å². The van der Waals surface area contributed by atoms with Crippen molar-refractivity contribution in [3.8, 4) is 11.5 Å². The van der Waals surface area contributed by atoms with Crippen LogP contribution in [0.2, 0.25) is 5.02 Å². The molecule has 0 bridgehead atoms. The summed E-state index contributed by atoms with van der Waals surface area (Å²) in [5.41, 5.74) is 4.38. The van der Waals surface area contributed by atoms with Gasteiger partial charge in [0.2, 0.25) is 0 Å². The van der Waals surface area contributed by atoms with Gasteiger partial charge in [0.1, 0.15) is 18.8 Å². The van der Waals surface area contributed by atoms with E-state index in [1.165, 1.54) is 0 Å². The fourth-order valence-corrected chi connectivity index (χ4v) is 4.63. The van der Waals surface area contributed by atoms with E-state index in [0.717, 1.165) is 72.7 Å². The number of hydrogen-bond donors (Lipinski definition) is 1. The van der Waals surface area contributed by atoms with Gasteiger partial charge < -0.3 is 24.4 Å². The van der Waals surface area contributed by atoms with Crippen LogP contribution in [-0.4, -0.2) is 67.1 Å². The highest BCUT2D eigenvalue weighted by Crippen LogP contribution is 2.35. The Balaban J connectivity index is 1.21. The molecule has 10 heteroatoms. The molecule has 0 unspecified atom stereocenters. The Kier molecular flexibility index (Phi) is 9.85. The number of anilines is 2. The maximum atomic E-state index is 6.09. The van der Waals surface area contributed by atoms with E-state index in [4.69, 9.17) is 30.6 Å². The first-order chi connectivity index (χ1) is 20.1. The lowest BCUT2D eigenvalue weighted by Gasteiger charge is -2.26. The number of fused-ring (bicyclic) bond motifs is 1. The summed E-state index contributed by atoms with van der Waals surface area (Å²) in [4.78, 5) is 16.9. The smallest absolute Gasteiger partial charge is 0.163 e. The topological polar surface area (TPSA) is 90.3 Å². The number of nitrogens with one attached hydrogen (secondary N) is 1. The van der Waals surface area contributed by atoms with Crippen molar-refractivity contribution < 1.29 is 19.0 Å². The van der Waals surface area contributed by atoms with E-state index in [1.54, 1.807) is 13.4 Å². The molecule has 0 saturated carbocycles. The van der Waals surface area contributed by atoms with Gasteiger partial charge >= 0.3 is 0 Å². The van der Waals surface area contributed by atoms with Crippen molar-refractivity contribution in [3.05, 3.63) is 83.1 Å². The minimum atomic E-state index is 0.375. The lowest BCUT2D eigenvalue weighted by Crippen LogP contribution is -2.37. The van der Waals surface area contributed by atoms with Crippen LogP contribution >= 0.6 is 11.6 Å². The maximum absolute atomic E-state index is 6.09. The molecule has 1 saturated heterocycles. The van der Waals surface area contributed by atoms with Crippen molar-refractivity contribution >= 4 is 39.7 Å². The maximum Gasteiger partial charge on any atom is 0.163 e. The summed E-state index contributed by atoms with van der Waals surface area (Å²) in [5.74, 6) is 1.99. The Bertz CT molecular complexity index is 1460. The predicted octanol–water partition coefficient (Wildman–Crippen LogP) is 6.08. The molecule has 0 amide bonds. The summed E-state index contributed by atoms with van der Waals surface area (Å²) in [7, 11) is 1.64. The van der Waals surface area contributed by atoms with Gasteiger partial charge in [0.15, 0.2) is 11.5 Å². The van der Waals surface area contributed by atoms with Gasteiger partial charge in [-0.2, -0.15) is 0 Å². The number of morpholine rings is 1. The minimum Gasteiger partial charge on any atom is -0.493 e. The number of oxime groups is 1. The Morgan fingerprint density at radius 2 is 1.80 bits per heavy atom. The monoisotopic (exact) mass is 575 g/mol. The van der Waals surface area contributed by atoms with Crippen molar-refractivity contribution in [3.63, 3.8) is 0 Å². The van der Waals surface area contributed by atoms with E-state index >= 15 is 0 Å². The van der Waals surface area contributed by atoms with Crippen LogP contribution in [-0.2, 0) is 16.2 Å². The van der Waals surface area contributed by atoms with Gasteiger partial charge in [-0.05, 0) is 54.8 Å². The average Bonchev–Trinajstić information content (AvgIpc) is 3.01. The van der Waals surface area contributed by atoms with Crippen LogP contribution in [0.5, 0.6) is 11.5 Å². The molecule has 1 aliphatic rings. The fourth-order valence-electron chi connectivity index (χ4n) is 4.50. The van der Waals surface area contributed by atoms with Gasteiger partial charge in [-0.1, -0.05) is 41.0 Å². The predicted molar refractivity (Wildman–Crippen MR) is 162 cm³/mol.